The van der Waals surface area contributed by atoms with E-state index in [1.807, 2.05) is 0 Å². The van der Waals surface area contributed by atoms with Crippen molar-refractivity contribution in [3.8, 4) is 0 Å². The highest BCUT2D eigenvalue weighted by Crippen LogP contribution is 1.92. The highest BCUT2D eigenvalue weighted by Gasteiger charge is 2.29. The predicted molar refractivity (Wildman–Crippen MR) is 60.4 cm³/mol. The van der Waals surface area contributed by atoms with Crippen LogP contribution in [-0.2, 0) is 14.4 Å². The van der Waals surface area contributed by atoms with Crippen LogP contribution in [0.5, 0.6) is 0 Å². The van der Waals surface area contributed by atoms with Crippen molar-refractivity contribution in [3.05, 3.63) is 0 Å². The third kappa shape index (κ3) is 9.80. The van der Waals surface area contributed by atoms with Crippen molar-refractivity contribution < 1.29 is 45.4 Å². The van der Waals surface area contributed by atoms with E-state index in [0.29, 0.717) is 0 Å². The van der Waals surface area contributed by atoms with Gasteiger partial charge >= 0.3 is 17.9 Å². The van der Waals surface area contributed by atoms with E-state index in [1.165, 1.54) is 0 Å². The van der Waals surface area contributed by atoms with Crippen molar-refractivity contribution in [2.75, 3.05) is 5.75 Å². The molecule has 0 aromatic carbocycles. The number of hydrogen-bond acceptors (Lipinski definition) is 7. The van der Waals surface area contributed by atoms with Gasteiger partial charge in [-0.2, -0.15) is 12.6 Å². The highest BCUT2D eigenvalue weighted by atomic mass is 32.1. The summed E-state index contributed by atoms with van der Waals surface area (Å²) in [5.41, 5.74) is 4.94. The van der Waals surface area contributed by atoms with E-state index in [0.717, 1.165) is 0 Å². The highest BCUT2D eigenvalue weighted by molar-refractivity contribution is 7.80. The number of nitrogens with two attached hydrogens (primary N) is 1. The zero-order valence-corrected chi connectivity index (χ0v) is 9.82. The van der Waals surface area contributed by atoms with Gasteiger partial charge in [0.15, 0.2) is 12.2 Å². The molecule has 0 rings (SSSR count). The third-order valence-corrected chi connectivity index (χ3v) is 1.71. The molecule has 0 amide bonds. The summed E-state index contributed by atoms with van der Waals surface area (Å²) in [5.74, 6) is -4.35. The van der Waals surface area contributed by atoms with Gasteiger partial charge in [0.25, 0.3) is 0 Å². The first kappa shape index (κ1) is 21.8. The van der Waals surface area contributed by atoms with Gasteiger partial charge in [-0.25, -0.2) is 9.59 Å². The molecule has 0 saturated carbocycles. The topological polar surface area (TPSA) is 210 Å². The van der Waals surface area contributed by atoms with Crippen LogP contribution in [-0.4, -0.2) is 72.9 Å². The molecule has 0 bridgehead atoms. The average molecular weight is 289 g/mol. The molecule has 0 aromatic heterocycles. The lowest BCUT2D eigenvalue weighted by Gasteiger charge is -2.07. The summed E-state index contributed by atoms with van der Waals surface area (Å²) >= 11 is 3.65. The van der Waals surface area contributed by atoms with Crippen molar-refractivity contribution in [2.24, 2.45) is 5.73 Å². The summed E-state index contributed by atoms with van der Waals surface area (Å²) in [7, 11) is 0. The summed E-state index contributed by atoms with van der Waals surface area (Å²) < 4.78 is 0. The van der Waals surface area contributed by atoms with Gasteiger partial charge in [0.05, 0.1) is 0 Å². The Kier molecular flexibility index (Phi) is 13.0. The van der Waals surface area contributed by atoms with E-state index in [-0.39, 0.29) is 11.2 Å². The predicted octanol–water partition coefficient (Wildman–Crippen LogP) is -3.62. The van der Waals surface area contributed by atoms with Crippen LogP contribution in [0.1, 0.15) is 0 Å². The van der Waals surface area contributed by atoms with Gasteiger partial charge in [-0.3, -0.25) is 4.79 Å². The first-order valence-electron chi connectivity index (χ1n) is 4.06. The van der Waals surface area contributed by atoms with Crippen LogP contribution in [0.25, 0.3) is 0 Å². The molecule has 0 aromatic rings. The molecule has 0 saturated heterocycles. The van der Waals surface area contributed by atoms with Crippen molar-refractivity contribution in [1.82, 2.24) is 0 Å². The van der Waals surface area contributed by atoms with Crippen LogP contribution in [0.3, 0.4) is 0 Å². The second-order valence-corrected chi connectivity index (χ2v) is 3.06. The Morgan fingerprint density at radius 3 is 1.28 bits per heavy atom. The Labute approximate surface area is 106 Å². The van der Waals surface area contributed by atoms with Crippen LogP contribution in [0.4, 0.5) is 0 Å². The van der Waals surface area contributed by atoms with Crippen LogP contribution in [0.2, 0.25) is 0 Å². The summed E-state index contributed by atoms with van der Waals surface area (Å²) in [6, 6.07) is -0.816. The maximum Gasteiger partial charge on any atom is 0.335 e. The maximum atomic E-state index is 9.77. The standard InChI is InChI=1S/C4H6O6.C3H7NO2S.H2O/c5-1(3(7)8)2(6)4(9)10;4-2(1-7)3(5)6;/h1-2,5-6H,(H,7,8)(H,9,10);2,7H,1,4H2,(H,5,6);1H2/t;2-;/m.0./s1. The van der Waals surface area contributed by atoms with Gasteiger partial charge in [-0.1, -0.05) is 0 Å². The van der Waals surface area contributed by atoms with Crippen molar-refractivity contribution in [3.63, 3.8) is 0 Å². The maximum absolute atomic E-state index is 9.77. The Hall–Kier alpha value is -1.40. The summed E-state index contributed by atoms with van der Waals surface area (Å²) in [6.07, 6.45) is -4.53. The molecule has 3 atom stereocenters. The van der Waals surface area contributed by atoms with E-state index >= 15 is 0 Å². The Balaban J connectivity index is -0.000000251. The van der Waals surface area contributed by atoms with E-state index in [9.17, 15) is 14.4 Å². The quantitative estimate of drug-likeness (QED) is 0.248. The van der Waals surface area contributed by atoms with E-state index < -0.39 is 36.2 Å². The molecule has 0 aliphatic heterocycles. The van der Waals surface area contributed by atoms with Gasteiger partial charge in [-0.05, 0) is 0 Å². The Bertz CT molecular complexity index is 266. The summed E-state index contributed by atoms with van der Waals surface area (Å²) in [4.78, 5) is 29.3. The molecular formula is C7H15NO9S. The summed E-state index contributed by atoms with van der Waals surface area (Å²) in [6.45, 7) is 0. The molecular weight excluding hydrogens is 274 g/mol. The number of aliphatic hydroxyl groups excluding tert-OH is 2. The minimum Gasteiger partial charge on any atom is -0.480 e. The van der Waals surface area contributed by atoms with Crippen molar-refractivity contribution >= 4 is 30.5 Å². The molecule has 0 aliphatic carbocycles. The van der Waals surface area contributed by atoms with Gasteiger partial charge in [-0.15, -0.1) is 0 Å². The van der Waals surface area contributed by atoms with E-state index in [1.54, 1.807) is 0 Å². The first-order chi connectivity index (χ1) is 7.64. The molecule has 0 radical (unpaired) electrons. The molecule has 10 nitrogen and oxygen atoms in total. The smallest absolute Gasteiger partial charge is 0.335 e. The van der Waals surface area contributed by atoms with Gasteiger partial charge in [0.2, 0.25) is 0 Å². The SMILES string of the molecule is N[C@@H](CS)C(=O)O.O.O=C(O)C(O)C(O)C(=O)O. The lowest BCUT2D eigenvalue weighted by molar-refractivity contribution is -0.165. The van der Waals surface area contributed by atoms with Crippen LogP contribution < -0.4 is 5.73 Å². The zero-order valence-electron chi connectivity index (χ0n) is 8.92. The fraction of sp³-hybridized carbons (Fsp3) is 0.571. The fourth-order valence-corrected chi connectivity index (χ4v) is 0.504. The van der Waals surface area contributed by atoms with Gasteiger partial charge < -0.3 is 36.7 Å². The second kappa shape index (κ2) is 10.7. The average Bonchev–Trinajstić information content (AvgIpc) is 2.26. The van der Waals surface area contributed by atoms with Crippen LogP contribution >= 0.6 is 12.6 Å². The normalized spacial score (nSPS) is 14.0. The minimum absolute atomic E-state index is 0. The fourth-order valence-electron chi connectivity index (χ4n) is 0.348. The Morgan fingerprint density at radius 2 is 1.22 bits per heavy atom. The number of aliphatic hydroxyl groups is 2. The number of hydrogen-bond donors (Lipinski definition) is 7. The van der Waals surface area contributed by atoms with E-state index in [4.69, 9.17) is 31.3 Å². The van der Waals surface area contributed by atoms with Gasteiger partial charge in [0.1, 0.15) is 6.04 Å². The molecule has 0 heterocycles. The number of carboxylic acids is 3. The summed E-state index contributed by atoms with van der Waals surface area (Å²) in [5, 5.41) is 40.5. The molecule has 11 heteroatoms. The Morgan fingerprint density at radius 1 is 0.944 bits per heavy atom. The van der Waals surface area contributed by atoms with Crippen molar-refractivity contribution in [1.29, 1.82) is 0 Å². The minimum atomic E-state index is -2.27. The largest absolute Gasteiger partial charge is 0.480 e. The first-order valence-corrected chi connectivity index (χ1v) is 4.69. The zero-order chi connectivity index (χ0) is 14.2. The lowest BCUT2D eigenvalue weighted by Crippen LogP contribution is -2.39. The van der Waals surface area contributed by atoms with Crippen LogP contribution in [0, 0.1) is 0 Å². The molecule has 0 aliphatic rings. The molecule has 108 valence electrons. The lowest BCUT2D eigenvalue weighted by atomic mass is 10.2. The van der Waals surface area contributed by atoms with E-state index in [2.05, 4.69) is 12.6 Å². The number of aliphatic carboxylic acids is 3. The molecule has 0 spiro atoms. The molecule has 18 heavy (non-hydrogen) atoms. The molecule has 9 N–H and O–H groups in total. The molecule has 2 unspecified atom stereocenters. The number of carboxylic acid groups (broad SMARTS) is 3. The number of thiol groups is 1. The number of carbonyl (C=O) groups is 3. The third-order valence-electron chi connectivity index (χ3n) is 1.32. The van der Waals surface area contributed by atoms with Gasteiger partial charge in [0, 0.05) is 5.75 Å². The van der Waals surface area contributed by atoms with Crippen molar-refractivity contribution in [2.45, 2.75) is 18.2 Å². The molecule has 0 fully saturated rings. The number of rotatable bonds is 5. The monoisotopic (exact) mass is 289 g/mol. The van der Waals surface area contributed by atoms with Crippen LogP contribution in [0.15, 0.2) is 0 Å². The second-order valence-electron chi connectivity index (χ2n) is 2.69.